The van der Waals surface area contributed by atoms with Gasteiger partial charge in [-0.05, 0) is 6.42 Å². The molecule has 2 nitrogen and oxygen atoms in total. The van der Waals surface area contributed by atoms with Crippen molar-refractivity contribution in [2.45, 2.75) is 50.9 Å². The van der Waals surface area contributed by atoms with E-state index in [-0.39, 0.29) is 12.2 Å². The molecule has 0 aromatic carbocycles. The fourth-order valence-corrected chi connectivity index (χ4v) is 3.12. The lowest BCUT2D eigenvalue weighted by molar-refractivity contribution is 0.131. The summed E-state index contributed by atoms with van der Waals surface area (Å²) in [6.45, 7) is 8.83. The predicted octanol–water partition coefficient (Wildman–Crippen LogP) is 1.40. The molecule has 0 aromatic heterocycles. The molecule has 1 rings (SSSR count). The molecule has 0 aromatic rings. The average Bonchev–Trinajstić information content (AvgIpc) is 2.62. The van der Waals surface area contributed by atoms with Crippen molar-refractivity contribution in [2.24, 2.45) is 0 Å². The van der Waals surface area contributed by atoms with Crippen molar-refractivity contribution in [3.05, 3.63) is 0 Å². The number of ether oxygens (including phenoxy) is 1. The van der Waals surface area contributed by atoms with E-state index in [2.05, 4.69) is 19.6 Å². The third-order valence-electron chi connectivity index (χ3n) is 2.18. The summed E-state index contributed by atoms with van der Waals surface area (Å²) in [6.07, 6.45) is 0.740. The SMILES string of the molecule is CC[C@@H](O)[C@@H]1O[C@H]1[Si](C)(C)C. The van der Waals surface area contributed by atoms with Crippen LogP contribution in [0.2, 0.25) is 19.6 Å². The molecule has 0 amide bonds. The number of rotatable bonds is 3. The number of epoxide rings is 1. The van der Waals surface area contributed by atoms with Crippen LogP contribution in [0.5, 0.6) is 0 Å². The van der Waals surface area contributed by atoms with E-state index in [0.717, 1.165) is 6.42 Å². The topological polar surface area (TPSA) is 32.8 Å². The molecule has 1 aliphatic rings. The number of aliphatic hydroxyl groups excluding tert-OH is 1. The Labute approximate surface area is 69.6 Å². The lowest BCUT2D eigenvalue weighted by Crippen LogP contribution is -2.33. The Hall–Kier alpha value is 0.137. The molecule has 3 heteroatoms. The second-order valence-corrected chi connectivity index (χ2v) is 9.66. The molecule has 0 radical (unpaired) electrons. The van der Waals surface area contributed by atoms with Gasteiger partial charge in [-0.3, -0.25) is 0 Å². The third-order valence-corrected chi connectivity index (χ3v) is 4.35. The standard InChI is InChI=1S/C8H18O2Si/c1-5-6(9)7-8(10-7)11(2,3)4/h6-9H,5H2,1-4H3/t6-,7+,8+/m1/s1. The second-order valence-electron chi connectivity index (χ2n) is 4.36. The van der Waals surface area contributed by atoms with Crippen molar-refractivity contribution >= 4 is 8.07 Å². The molecule has 11 heavy (non-hydrogen) atoms. The molecule has 0 aliphatic carbocycles. The summed E-state index contributed by atoms with van der Waals surface area (Å²) in [7, 11) is -1.15. The molecule has 0 unspecified atom stereocenters. The minimum absolute atomic E-state index is 0.159. The van der Waals surface area contributed by atoms with Crippen LogP contribution in [0.25, 0.3) is 0 Å². The fourth-order valence-electron chi connectivity index (χ4n) is 1.35. The van der Waals surface area contributed by atoms with Crippen molar-refractivity contribution in [1.29, 1.82) is 0 Å². The van der Waals surface area contributed by atoms with Gasteiger partial charge in [0.25, 0.3) is 0 Å². The first-order valence-corrected chi connectivity index (χ1v) is 7.88. The predicted molar refractivity (Wildman–Crippen MR) is 48.3 cm³/mol. The minimum atomic E-state index is -1.15. The highest BCUT2D eigenvalue weighted by molar-refractivity contribution is 6.78. The fraction of sp³-hybridized carbons (Fsp3) is 1.00. The zero-order chi connectivity index (χ0) is 8.65. The van der Waals surface area contributed by atoms with Crippen LogP contribution >= 0.6 is 0 Å². The maximum absolute atomic E-state index is 9.43. The van der Waals surface area contributed by atoms with Crippen LogP contribution in [0.3, 0.4) is 0 Å². The molecule has 3 atom stereocenters. The highest BCUT2D eigenvalue weighted by Crippen LogP contribution is 2.34. The van der Waals surface area contributed by atoms with Gasteiger partial charge in [0.05, 0.1) is 19.9 Å². The number of hydrogen-bond donors (Lipinski definition) is 1. The lowest BCUT2D eigenvalue weighted by atomic mass is 10.2. The number of hydrogen-bond acceptors (Lipinski definition) is 2. The van der Waals surface area contributed by atoms with Gasteiger partial charge in [0.1, 0.15) is 6.10 Å². The molecule has 1 N–H and O–H groups in total. The first-order chi connectivity index (χ1) is 4.96. The van der Waals surface area contributed by atoms with Crippen LogP contribution in [0.15, 0.2) is 0 Å². The van der Waals surface area contributed by atoms with Crippen LogP contribution in [0.1, 0.15) is 13.3 Å². The van der Waals surface area contributed by atoms with E-state index in [1.807, 2.05) is 6.92 Å². The summed E-state index contributed by atoms with van der Waals surface area (Å²) >= 11 is 0. The summed E-state index contributed by atoms with van der Waals surface area (Å²) < 4.78 is 5.45. The van der Waals surface area contributed by atoms with E-state index < -0.39 is 8.07 Å². The highest BCUT2D eigenvalue weighted by atomic mass is 28.3. The van der Waals surface area contributed by atoms with Gasteiger partial charge in [0.15, 0.2) is 0 Å². The Balaban J connectivity index is 2.37. The molecule has 66 valence electrons. The molecule has 0 saturated carbocycles. The molecule has 0 bridgehead atoms. The van der Waals surface area contributed by atoms with Gasteiger partial charge in [-0.1, -0.05) is 26.6 Å². The molecule has 1 saturated heterocycles. The maximum atomic E-state index is 9.43. The largest absolute Gasteiger partial charge is 0.390 e. The van der Waals surface area contributed by atoms with Crippen molar-refractivity contribution in [3.8, 4) is 0 Å². The van der Waals surface area contributed by atoms with Crippen LogP contribution in [-0.4, -0.2) is 31.1 Å². The first kappa shape index (κ1) is 9.23. The van der Waals surface area contributed by atoms with E-state index in [1.54, 1.807) is 0 Å². The third kappa shape index (κ3) is 2.04. The molecule has 1 fully saturated rings. The van der Waals surface area contributed by atoms with Crippen molar-refractivity contribution in [1.82, 2.24) is 0 Å². The second kappa shape index (κ2) is 2.88. The van der Waals surface area contributed by atoms with Gasteiger partial charge < -0.3 is 9.84 Å². The quantitative estimate of drug-likeness (QED) is 0.518. The van der Waals surface area contributed by atoms with E-state index in [9.17, 15) is 5.11 Å². The zero-order valence-corrected chi connectivity index (χ0v) is 8.79. The van der Waals surface area contributed by atoms with E-state index in [1.165, 1.54) is 0 Å². The van der Waals surface area contributed by atoms with Crippen LogP contribution < -0.4 is 0 Å². The van der Waals surface area contributed by atoms with Crippen molar-refractivity contribution in [3.63, 3.8) is 0 Å². The summed E-state index contributed by atoms with van der Waals surface area (Å²) in [4.78, 5) is 0. The Kier molecular flexibility index (Phi) is 2.42. The van der Waals surface area contributed by atoms with Crippen LogP contribution in [0, 0.1) is 0 Å². The molecule has 0 spiro atoms. The van der Waals surface area contributed by atoms with E-state index in [4.69, 9.17) is 4.74 Å². The molecular weight excluding hydrogens is 156 g/mol. The van der Waals surface area contributed by atoms with E-state index in [0.29, 0.717) is 5.73 Å². The molecular formula is C8H18O2Si. The zero-order valence-electron chi connectivity index (χ0n) is 7.79. The van der Waals surface area contributed by atoms with Crippen molar-refractivity contribution < 1.29 is 9.84 Å². The summed E-state index contributed by atoms with van der Waals surface area (Å²) in [5.41, 5.74) is 0.400. The Morgan fingerprint density at radius 2 is 2.00 bits per heavy atom. The smallest absolute Gasteiger partial charge is 0.107 e. The van der Waals surface area contributed by atoms with Crippen molar-refractivity contribution in [2.75, 3.05) is 0 Å². The van der Waals surface area contributed by atoms with E-state index >= 15 is 0 Å². The molecule has 1 aliphatic heterocycles. The average molecular weight is 174 g/mol. The van der Waals surface area contributed by atoms with Crippen LogP contribution in [-0.2, 0) is 4.74 Å². The minimum Gasteiger partial charge on any atom is -0.390 e. The first-order valence-electron chi connectivity index (χ1n) is 4.30. The van der Waals surface area contributed by atoms with Gasteiger partial charge in [-0.2, -0.15) is 0 Å². The Morgan fingerprint density at radius 1 is 1.45 bits per heavy atom. The Morgan fingerprint density at radius 3 is 2.27 bits per heavy atom. The summed E-state index contributed by atoms with van der Waals surface area (Å²) in [5.74, 6) is 0. The van der Waals surface area contributed by atoms with Gasteiger partial charge in [0, 0.05) is 0 Å². The van der Waals surface area contributed by atoms with Gasteiger partial charge in [0.2, 0.25) is 0 Å². The highest BCUT2D eigenvalue weighted by Gasteiger charge is 2.51. The maximum Gasteiger partial charge on any atom is 0.107 e. The lowest BCUT2D eigenvalue weighted by Gasteiger charge is -2.12. The van der Waals surface area contributed by atoms with Gasteiger partial charge >= 0.3 is 0 Å². The Bertz CT molecular complexity index is 142. The summed E-state index contributed by atoms with van der Waals surface area (Å²) in [6, 6.07) is 0. The van der Waals surface area contributed by atoms with Gasteiger partial charge in [-0.25, -0.2) is 0 Å². The number of aliphatic hydroxyl groups is 1. The summed E-state index contributed by atoms with van der Waals surface area (Å²) in [5, 5.41) is 9.43. The van der Waals surface area contributed by atoms with Gasteiger partial charge in [-0.15, -0.1) is 0 Å². The monoisotopic (exact) mass is 174 g/mol. The normalized spacial score (nSPS) is 33.5. The molecule has 1 heterocycles. The van der Waals surface area contributed by atoms with Crippen LogP contribution in [0.4, 0.5) is 0 Å².